The van der Waals surface area contributed by atoms with Gasteiger partial charge in [-0.25, -0.2) is 4.79 Å². The van der Waals surface area contributed by atoms with E-state index in [0.29, 0.717) is 0 Å². The second kappa shape index (κ2) is 5.08. The van der Waals surface area contributed by atoms with E-state index in [9.17, 15) is 25.0 Å². The van der Waals surface area contributed by atoms with Gasteiger partial charge in [-0.15, -0.1) is 0 Å². The molecule has 0 saturated carbocycles. The quantitative estimate of drug-likeness (QED) is 0.619. The van der Waals surface area contributed by atoms with E-state index >= 15 is 0 Å². The van der Waals surface area contributed by atoms with Crippen molar-refractivity contribution in [2.75, 3.05) is 6.61 Å². The molecule has 1 aromatic carbocycles. The summed E-state index contributed by atoms with van der Waals surface area (Å²) in [7, 11) is 0. The summed E-state index contributed by atoms with van der Waals surface area (Å²) in [6, 6.07) is 1.90. The number of rotatable bonds is 5. The number of benzene rings is 1. The van der Waals surface area contributed by atoms with Gasteiger partial charge in [-0.3, -0.25) is 20.2 Å². The minimum absolute atomic E-state index is 0.118. The van der Waals surface area contributed by atoms with Gasteiger partial charge in [0.2, 0.25) is 0 Å². The molecule has 0 aliphatic carbocycles. The van der Waals surface area contributed by atoms with Gasteiger partial charge < -0.3 is 9.84 Å². The second-order valence-electron chi connectivity index (χ2n) is 3.28. The van der Waals surface area contributed by atoms with Crippen LogP contribution < -0.4 is 4.74 Å². The van der Waals surface area contributed by atoms with E-state index < -0.39 is 33.8 Å². The minimum atomic E-state index is -1.29. The van der Waals surface area contributed by atoms with E-state index in [1.165, 1.54) is 6.92 Å². The molecule has 0 saturated heterocycles. The van der Waals surface area contributed by atoms with Gasteiger partial charge in [-0.2, -0.15) is 0 Å². The molecule has 0 spiro atoms. The SMILES string of the molecule is Cc1c([N+](=O)[O-])cc(OCC(=O)O)cc1[N+](=O)[O-]. The van der Waals surface area contributed by atoms with E-state index in [1.54, 1.807) is 0 Å². The lowest BCUT2D eigenvalue weighted by Gasteiger charge is -2.05. The third kappa shape index (κ3) is 2.90. The van der Waals surface area contributed by atoms with Crippen LogP contribution >= 0.6 is 0 Å². The number of ether oxygens (including phenoxy) is 1. The zero-order valence-corrected chi connectivity index (χ0v) is 9.15. The van der Waals surface area contributed by atoms with Crippen molar-refractivity contribution in [2.45, 2.75) is 6.92 Å². The van der Waals surface area contributed by atoms with Crippen LogP contribution in [-0.4, -0.2) is 27.5 Å². The van der Waals surface area contributed by atoms with Crippen molar-refractivity contribution in [3.05, 3.63) is 37.9 Å². The number of carbonyl (C=O) groups is 1. The molecule has 0 fully saturated rings. The lowest BCUT2D eigenvalue weighted by molar-refractivity contribution is -0.395. The molecule has 0 unspecified atom stereocenters. The first-order valence-corrected chi connectivity index (χ1v) is 4.61. The van der Waals surface area contributed by atoms with Crippen LogP contribution in [0, 0.1) is 27.2 Å². The molecule has 0 aromatic heterocycles. The number of aliphatic carboxylic acids is 1. The molecule has 0 heterocycles. The largest absolute Gasteiger partial charge is 0.481 e. The maximum absolute atomic E-state index is 10.7. The van der Waals surface area contributed by atoms with Crippen LogP contribution in [0.2, 0.25) is 0 Å². The minimum Gasteiger partial charge on any atom is -0.481 e. The Balaban J connectivity index is 3.24. The maximum atomic E-state index is 10.7. The first-order valence-electron chi connectivity index (χ1n) is 4.61. The summed E-state index contributed by atoms with van der Waals surface area (Å²) in [6.45, 7) is 0.495. The van der Waals surface area contributed by atoms with E-state index in [-0.39, 0.29) is 11.3 Å². The third-order valence-electron chi connectivity index (χ3n) is 2.08. The molecular formula is C9H8N2O7. The molecule has 0 amide bonds. The summed E-state index contributed by atoms with van der Waals surface area (Å²) in [5, 5.41) is 29.8. The van der Waals surface area contributed by atoms with Gasteiger partial charge in [0.1, 0.15) is 11.3 Å². The molecule has 96 valence electrons. The Labute approximate surface area is 99.9 Å². The van der Waals surface area contributed by atoms with Gasteiger partial charge >= 0.3 is 5.97 Å². The monoisotopic (exact) mass is 256 g/mol. The van der Waals surface area contributed by atoms with Gasteiger partial charge in [0.15, 0.2) is 6.61 Å². The highest BCUT2D eigenvalue weighted by molar-refractivity contribution is 5.68. The number of hydrogen-bond acceptors (Lipinski definition) is 6. The lowest BCUT2D eigenvalue weighted by Crippen LogP contribution is -2.10. The Morgan fingerprint density at radius 2 is 1.72 bits per heavy atom. The van der Waals surface area contributed by atoms with E-state index in [2.05, 4.69) is 0 Å². The van der Waals surface area contributed by atoms with Crippen molar-refractivity contribution in [1.82, 2.24) is 0 Å². The average Bonchev–Trinajstić information content (AvgIpc) is 2.26. The number of carboxylic acids is 1. The second-order valence-corrected chi connectivity index (χ2v) is 3.28. The molecule has 0 atom stereocenters. The summed E-state index contributed by atoms with van der Waals surface area (Å²) < 4.78 is 4.70. The number of nitrogens with zero attached hydrogens (tertiary/aromatic N) is 2. The van der Waals surface area contributed by atoms with Crippen molar-refractivity contribution in [2.24, 2.45) is 0 Å². The van der Waals surface area contributed by atoms with Crippen LogP contribution in [0.3, 0.4) is 0 Å². The predicted octanol–water partition coefficient (Wildman–Crippen LogP) is 1.27. The Morgan fingerprint density at radius 3 is 2.06 bits per heavy atom. The van der Waals surface area contributed by atoms with Crippen molar-refractivity contribution in [1.29, 1.82) is 0 Å². The van der Waals surface area contributed by atoms with Crippen LogP contribution in [-0.2, 0) is 4.79 Å². The van der Waals surface area contributed by atoms with Crippen LogP contribution in [0.15, 0.2) is 12.1 Å². The molecule has 18 heavy (non-hydrogen) atoms. The van der Waals surface area contributed by atoms with Gasteiger partial charge in [-0.05, 0) is 6.92 Å². The Hall–Kier alpha value is -2.71. The van der Waals surface area contributed by atoms with Crippen LogP contribution in [0.4, 0.5) is 11.4 Å². The summed E-state index contributed by atoms with van der Waals surface area (Å²) in [5.74, 6) is -1.53. The smallest absolute Gasteiger partial charge is 0.341 e. The molecular weight excluding hydrogens is 248 g/mol. The highest BCUT2D eigenvalue weighted by Crippen LogP contribution is 2.32. The Kier molecular flexibility index (Phi) is 3.77. The van der Waals surface area contributed by atoms with Crippen LogP contribution in [0.1, 0.15) is 5.56 Å². The third-order valence-corrected chi connectivity index (χ3v) is 2.08. The summed E-state index contributed by atoms with van der Waals surface area (Å²) in [5.41, 5.74) is -1.11. The average molecular weight is 256 g/mol. The molecule has 0 aliphatic heterocycles. The molecule has 0 aliphatic rings. The first kappa shape index (κ1) is 13.4. The van der Waals surface area contributed by atoms with Gasteiger partial charge in [0.05, 0.1) is 22.0 Å². The highest BCUT2D eigenvalue weighted by atomic mass is 16.6. The van der Waals surface area contributed by atoms with Crippen LogP contribution in [0.25, 0.3) is 0 Å². The number of nitro groups is 2. The van der Waals surface area contributed by atoms with Crippen molar-refractivity contribution in [3.63, 3.8) is 0 Å². The maximum Gasteiger partial charge on any atom is 0.341 e. The summed E-state index contributed by atoms with van der Waals surface area (Å²) in [6.07, 6.45) is 0. The zero-order chi connectivity index (χ0) is 13.9. The van der Waals surface area contributed by atoms with E-state index in [1.807, 2.05) is 0 Å². The van der Waals surface area contributed by atoms with Crippen molar-refractivity contribution in [3.8, 4) is 5.75 Å². The topological polar surface area (TPSA) is 133 Å². The molecule has 1 aromatic rings. The standard InChI is InChI=1S/C9H8N2O7/c1-5-7(10(14)15)2-6(18-4-9(12)13)3-8(5)11(16)17/h2-3H,4H2,1H3,(H,12,13). The number of hydrogen-bond donors (Lipinski definition) is 1. The van der Waals surface area contributed by atoms with Crippen molar-refractivity contribution < 1.29 is 24.5 Å². The number of nitro benzene ring substituents is 2. The molecule has 1 N–H and O–H groups in total. The summed E-state index contributed by atoms with van der Waals surface area (Å²) >= 11 is 0. The summed E-state index contributed by atoms with van der Waals surface area (Å²) in [4.78, 5) is 30.1. The van der Waals surface area contributed by atoms with E-state index in [0.717, 1.165) is 12.1 Å². The van der Waals surface area contributed by atoms with Crippen molar-refractivity contribution >= 4 is 17.3 Å². The predicted molar refractivity (Wildman–Crippen MR) is 57.6 cm³/mol. The fourth-order valence-electron chi connectivity index (χ4n) is 1.27. The molecule has 0 bridgehead atoms. The zero-order valence-electron chi connectivity index (χ0n) is 9.15. The fourth-order valence-corrected chi connectivity index (χ4v) is 1.27. The molecule has 1 rings (SSSR count). The fraction of sp³-hybridized carbons (Fsp3) is 0.222. The Bertz CT molecular complexity index is 491. The van der Waals surface area contributed by atoms with Gasteiger partial charge in [0.25, 0.3) is 11.4 Å². The Morgan fingerprint density at radius 1 is 1.28 bits per heavy atom. The van der Waals surface area contributed by atoms with Gasteiger partial charge in [-0.1, -0.05) is 0 Å². The number of carboxylic acid groups (broad SMARTS) is 1. The van der Waals surface area contributed by atoms with Crippen LogP contribution in [0.5, 0.6) is 5.75 Å². The van der Waals surface area contributed by atoms with Gasteiger partial charge in [0, 0.05) is 0 Å². The molecule has 9 heteroatoms. The van der Waals surface area contributed by atoms with E-state index in [4.69, 9.17) is 9.84 Å². The highest BCUT2D eigenvalue weighted by Gasteiger charge is 2.23. The normalized spacial score (nSPS) is 9.83. The lowest BCUT2D eigenvalue weighted by atomic mass is 10.1. The molecule has 9 nitrogen and oxygen atoms in total. The molecule has 0 radical (unpaired) electrons. The first-order chi connectivity index (χ1) is 8.32.